The van der Waals surface area contributed by atoms with E-state index in [1.165, 1.54) is 44.9 Å². The summed E-state index contributed by atoms with van der Waals surface area (Å²) < 4.78 is 5.20. The molecule has 1 heterocycles. The van der Waals surface area contributed by atoms with Crippen molar-refractivity contribution < 1.29 is 9.53 Å². The van der Waals surface area contributed by atoms with Gasteiger partial charge in [-0.3, -0.25) is 9.78 Å². The van der Waals surface area contributed by atoms with E-state index in [9.17, 15) is 4.79 Å². The average molecular weight is 309 g/mol. The van der Waals surface area contributed by atoms with Gasteiger partial charge < -0.3 is 4.74 Å². The second-order valence-electron chi connectivity index (χ2n) is 5.20. The van der Waals surface area contributed by atoms with Crippen LogP contribution < -0.4 is 0 Å². The molecule has 0 fully saturated rings. The van der Waals surface area contributed by atoms with Crippen LogP contribution in [0.2, 0.25) is 0 Å². The van der Waals surface area contributed by atoms with Gasteiger partial charge in [-0.25, -0.2) is 0 Å². The highest BCUT2D eigenvalue weighted by Crippen LogP contribution is 2.11. The molecule has 4 heteroatoms. The number of carbonyl (C=O) groups is 1. The van der Waals surface area contributed by atoms with E-state index < -0.39 is 0 Å². The van der Waals surface area contributed by atoms with Gasteiger partial charge in [0, 0.05) is 18.0 Å². The predicted octanol–water partition coefficient (Wildman–Crippen LogP) is 4.61. The predicted molar refractivity (Wildman–Crippen MR) is 89.4 cm³/mol. The van der Waals surface area contributed by atoms with Crippen molar-refractivity contribution in [3.63, 3.8) is 0 Å². The van der Waals surface area contributed by atoms with Crippen LogP contribution in [0.3, 0.4) is 0 Å². The average Bonchev–Trinajstić information content (AvgIpc) is 2.52. The van der Waals surface area contributed by atoms with Gasteiger partial charge in [-0.05, 0) is 18.2 Å². The first-order chi connectivity index (χ1) is 10.3. The lowest BCUT2D eigenvalue weighted by Crippen LogP contribution is -2.07. The minimum Gasteiger partial charge on any atom is -0.460 e. The number of pyridine rings is 1. The van der Waals surface area contributed by atoms with E-state index in [-0.39, 0.29) is 5.97 Å². The first-order valence-electron chi connectivity index (χ1n) is 7.95. The number of carbonyl (C=O) groups excluding carboxylic acids is 1. The molecular formula is C17H27NO2S. The van der Waals surface area contributed by atoms with Gasteiger partial charge in [-0.2, -0.15) is 11.8 Å². The van der Waals surface area contributed by atoms with Gasteiger partial charge in [0.15, 0.2) is 0 Å². The zero-order valence-electron chi connectivity index (χ0n) is 13.1. The Morgan fingerprint density at radius 1 is 1.19 bits per heavy atom. The van der Waals surface area contributed by atoms with Crippen molar-refractivity contribution >= 4 is 17.7 Å². The fourth-order valence-corrected chi connectivity index (χ4v) is 2.81. The van der Waals surface area contributed by atoms with Crippen LogP contribution in [0.25, 0.3) is 0 Å². The number of nitrogens with zero attached hydrogens (tertiary/aromatic N) is 1. The molecule has 1 aromatic rings. The summed E-state index contributed by atoms with van der Waals surface area (Å²) in [7, 11) is 0. The van der Waals surface area contributed by atoms with Crippen LogP contribution in [-0.2, 0) is 16.1 Å². The smallest absolute Gasteiger partial charge is 0.316 e. The van der Waals surface area contributed by atoms with Crippen LogP contribution in [0.15, 0.2) is 24.5 Å². The molecule has 1 aromatic heterocycles. The second kappa shape index (κ2) is 12.7. The molecule has 0 N–H and O–H groups in total. The number of thioether (sulfide) groups is 1. The molecule has 0 aliphatic rings. The number of ether oxygens (including phenoxy) is 1. The molecule has 0 radical (unpaired) electrons. The van der Waals surface area contributed by atoms with Crippen molar-refractivity contribution in [1.29, 1.82) is 0 Å². The standard InChI is InChI=1S/C17H27NO2S/c1-2-3-4-5-6-7-8-12-21-15-17(19)20-14-16-10-9-11-18-13-16/h9-11,13H,2-8,12,14-15H2,1H3. The van der Waals surface area contributed by atoms with E-state index in [4.69, 9.17) is 4.74 Å². The molecule has 0 unspecified atom stereocenters. The van der Waals surface area contributed by atoms with Crippen LogP contribution >= 0.6 is 11.8 Å². The molecule has 21 heavy (non-hydrogen) atoms. The Hall–Kier alpha value is -1.03. The summed E-state index contributed by atoms with van der Waals surface area (Å²) in [6, 6.07) is 3.75. The highest BCUT2D eigenvalue weighted by Gasteiger charge is 2.03. The topological polar surface area (TPSA) is 39.2 Å². The maximum absolute atomic E-state index is 11.6. The lowest BCUT2D eigenvalue weighted by Gasteiger charge is -2.05. The van der Waals surface area contributed by atoms with E-state index >= 15 is 0 Å². The fraction of sp³-hybridized carbons (Fsp3) is 0.647. The summed E-state index contributed by atoms with van der Waals surface area (Å²) in [5.41, 5.74) is 0.933. The number of hydrogen-bond donors (Lipinski definition) is 0. The van der Waals surface area contributed by atoms with Crippen molar-refractivity contribution in [2.45, 2.75) is 58.5 Å². The van der Waals surface area contributed by atoms with Crippen LogP contribution in [0, 0.1) is 0 Å². The van der Waals surface area contributed by atoms with Crippen molar-refractivity contribution in [2.24, 2.45) is 0 Å². The SMILES string of the molecule is CCCCCCCCCSCC(=O)OCc1cccnc1. The molecule has 0 aliphatic carbocycles. The minimum absolute atomic E-state index is 0.133. The van der Waals surface area contributed by atoms with Crippen molar-refractivity contribution in [3.05, 3.63) is 30.1 Å². The molecule has 3 nitrogen and oxygen atoms in total. The third-order valence-electron chi connectivity index (χ3n) is 3.23. The fourth-order valence-electron chi connectivity index (χ4n) is 2.01. The van der Waals surface area contributed by atoms with Crippen molar-refractivity contribution in [2.75, 3.05) is 11.5 Å². The second-order valence-corrected chi connectivity index (χ2v) is 6.30. The van der Waals surface area contributed by atoms with E-state index in [1.54, 1.807) is 24.2 Å². The normalized spacial score (nSPS) is 10.5. The molecule has 0 atom stereocenters. The summed E-state index contributed by atoms with van der Waals surface area (Å²) in [6.45, 7) is 2.56. The highest BCUT2D eigenvalue weighted by atomic mass is 32.2. The maximum atomic E-state index is 11.6. The molecule has 0 saturated carbocycles. The van der Waals surface area contributed by atoms with Gasteiger partial charge in [0.1, 0.15) is 6.61 Å². The maximum Gasteiger partial charge on any atom is 0.316 e. The molecule has 0 aliphatic heterocycles. The molecule has 0 bridgehead atoms. The number of hydrogen-bond acceptors (Lipinski definition) is 4. The molecule has 1 rings (SSSR count). The third-order valence-corrected chi connectivity index (χ3v) is 4.25. The molecule has 0 saturated heterocycles. The number of unbranched alkanes of at least 4 members (excludes halogenated alkanes) is 6. The molecule has 118 valence electrons. The Labute approximate surface area is 132 Å². The van der Waals surface area contributed by atoms with Gasteiger partial charge in [0.2, 0.25) is 0 Å². The van der Waals surface area contributed by atoms with E-state index in [0.29, 0.717) is 12.4 Å². The Kier molecular flexibility index (Phi) is 10.9. The summed E-state index contributed by atoms with van der Waals surface area (Å²) in [6.07, 6.45) is 12.6. The summed E-state index contributed by atoms with van der Waals surface area (Å²) in [4.78, 5) is 15.5. The summed E-state index contributed by atoms with van der Waals surface area (Å²) >= 11 is 1.67. The van der Waals surface area contributed by atoms with Crippen molar-refractivity contribution in [1.82, 2.24) is 4.98 Å². The largest absolute Gasteiger partial charge is 0.460 e. The Morgan fingerprint density at radius 3 is 2.67 bits per heavy atom. The third kappa shape index (κ3) is 10.4. The zero-order valence-corrected chi connectivity index (χ0v) is 13.9. The van der Waals surface area contributed by atoms with Gasteiger partial charge in [-0.1, -0.05) is 51.5 Å². The van der Waals surface area contributed by atoms with Crippen LogP contribution in [0.4, 0.5) is 0 Å². The van der Waals surface area contributed by atoms with Crippen LogP contribution in [-0.4, -0.2) is 22.5 Å². The zero-order chi connectivity index (χ0) is 15.2. The van der Waals surface area contributed by atoms with Gasteiger partial charge in [0.25, 0.3) is 0 Å². The highest BCUT2D eigenvalue weighted by molar-refractivity contribution is 7.99. The number of rotatable bonds is 12. The monoisotopic (exact) mass is 309 g/mol. The van der Waals surface area contributed by atoms with Gasteiger partial charge >= 0.3 is 5.97 Å². The number of aromatic nitrogens is 1. The molecule has 0 amide bonds. The van der Waals surface area contributed by atoms with Gasteiger partial charge in [0.05, 0.1) is 5.75 Å². The minimum atomic E-state index is -0.133. The van der Waals surface area contributed by atoms with E-state index in [0.717, 1.165) is 11.3 Å². The Bertz CT molecular complexity index is 370. The van der Waals surface area contributed by atoms with Gasteiger partial charge in [-0.15, -0.1) is 0 Å². The Morgan fingerprint density at radius 2 is 1.95 bits per heavy atom. The quantitative estimate of drug-likeness (QED) is 0.417. The summed E-state index contributed by atoms with van der Waals surface area (Å²) in [5.74, 6) is 1.37. The van der Waals surface area contributed by atoms with E-state index in [2.05, 4.69) is 11.9 Å². The summed E-state index contributed by atoms with van der Waals surface area (Å²) in [5, 5.41) is 0. The molecule has 0 aromatic carbocycles. The molecular weight excluding hydrogens is 282 g/mol. The molecule has 0 spiro atoms. The van der Waals surface area contributed by atoms with Crippen LogP contribution in [0.5, 0.6) is 0 Å². The lowest BCUT2D eigenvalue weighted by atomic mass is 10.1. The number of esters is 1. The van der Waals surface area contributed by atoms with Crippen LogP contribution in [0.1, 0.15) is 57.4 Å². The Balaban J connectivity index is 1.89. The van der Waals surface area contributed by atoms with E-state index in [1.807, 2.05) is 12.1 Å². The lowest BCUT2D eigenvalue weighted by molar-refractivity contribution is -0.141. The first-order valence-corrected chi connectivity index (χ1v) is 9.10. The van der Waals surface area contributed by atoms with Crippen molar-refractivity contribution in [3.8, 4) is 0 Å². The first kappa shape index (κ1) is 18.0.